The summed E-state index contributed by atoms with van der Waals surface area (Å²) in [4.78, 5) is 32.4. The summed E-state index contributed by atoms with van der Waals surface area (Å²) in [6.45, 7) is 0. The van der Waals surface area contributed by atoms with E-state index in [1.165, 1.54) is 18.2 Å². The number of nitrogens with zero attached hydrogens (tertiary/aromatic N) is 1. The Bertz CT molecular complexity index is 793. The average molecular weight is 381 g/mol. The number of aromatic nitrogens is 1. The molecule has 0 radical (unpaired) electrons. The molecule has 0 saturated heterocycles. The number of pyridine rings is 1. The highest BCUT2D eigenvalue weighted by Gasteiger charge is 2.51. The van der Waals surface area contributed by atoms with Gasteiger partial charge >= 0.3 is 13.3 Å². The molecule has 0 aliphatic heterocycles. The fraction of sp³-hybridized carbons (Fsp3) is 0.0909. The third kappa shape index (κ3) is 2.82. The first-order valence-electron chi connectivity index (χ1n) is 5.38. The maximum atomic E-state index is 13.8. The second-order valence-electron chi connectivity index (χ2n) is 4.17. The minimum Gasteiger partial charge on any atom is -0.364 e. The van der Waals surface area contributed by atoms with E-state index in [-0.39, 0.29) is 15.7 Å². The molecule has 0 unspecified atom stereocenters. The quantitative estimate of drug-likeness (QED) is 0.707. The van der Waals surface area contributed by atoms with Crippen LogP contribution in [0.25, 0.3) is 10.9 Å². The van der Waals surface area contributed by atoms with Gasteiger partial charge in [0.1, 0.15) is 5.69 Å². The highest BCUT2D eigenvalue weighted by molar-refractivity contribution is 9.10. The number of primary amides is 1. The number of hydrogen-bond donors (Lipinski definition) is 3. The molecule has 6 nitrogen and oxygen atoms in total. The number of alkyl halides is 2. The molecule has 0 spiro atoms. The summed E-state index contributed by atoms with van der Waals surface area (Å²) in [6, 6.07) is 4.79. The van der Waals surface area contributed by atoms with Crippen LogP contribution in [0.5, 0.6) is 0 Å². The van der Waals surface area contributed by atoms with Gasteiger partial charge in [0.2, 0.25) is 0 Å². The Hall–Kier alpha value is -1.41. The third-order valence-electron chi connectivity index (χ3n) is 2.72. The molecule has 0 atom stereocenters. The molecule has 21 heavy (non-hydrogen) atoms. The molecular weight excluding hydrogens is 373 g/mol. The van der Waals surface area contributed by atoms with Crippen molar-refractivity contribution in [2.24, 2.45) is 5.73 Å². The maximum Gasteiger partial charge on any atom is 0.399 e. The van der Waals surface area contributed by atoms with Crippen molar-refractivity contribution in [2.45, 2.75) is 5.66 Å². The van der Waals surface area contributed by atoms with Crippen molar-refractivity contribution >= 4 is 40.3 Å². The summed E-state index contributed by atoms with van der Waals surface area (Å²) < 4.78 is 38.4. The number of rotatable bonds is 3. The van der Waals surface area contributed by atoms with Crippen molar-refractivity contribution in [2.75, 3.05) is 0 Å². The second kappa shape index (κ2) is 5.10. The van der Waals surface area contributed by atoms with E-state index in [0.717, 1.165) is 6.07 Å². The molecule has 2 aromatic rings. The van der Waals surface area contributed by atoms with Crippen molar-refractivity contribution < 1.29 is 27.9 Å². The summed E-state index contributed by atoms with van der Waals surface area (Å²) in [6.07, 6.45) is 0. The maximum absolute atomic E-state index is 13.8. The van der Waals surface area contributed by atoms with Gasteiger partial charge in [0.15, 0.2) is 0 Å². The number of nitrogens with two attached hydrogens (primary N) is 1. The normalized spacial score (nSPS) is 12.6. The highest BCUT2D eigenvalue weighted by Crippen LogP contribution is 2.60. The number of carbonyl (C=O) groups is 1. The van der Waals surface area contributed by atoms with Crippen molar-refractivity contribution in [3.05, 3.63) is 40.0 Å². The zero-order valence-electron chi connectivity index (χ0n) is 10.1. The molecule has 1 aromatic heterocycles. The summed E-state index contributed by atoms with van der Waals surface area (Å²) in [5.74, 6) is -0.844. The molecule has 0 saturated carbocycles. The third-order valence-corrected chi connectivity index (χ3v) is 4.35. The lowest BCUT2D eigenvalue weighted by Gasteiger charge is -2.19. The van der Waals surface area contributed by atoms with Gasteiger partial charge in [-0.2, -0.15) is 8.78 Å². The molecule has 0 bridgehead atoms. The van der Waals surface area contributed by atoms with E-state index >= 15 is 0 Å². The number of amides is 1. The standard InChI is InChI=1S/C11H8BrF2N2O4P/c12-7-3-5-1-2-8(10(15)17)16-9(5)4-6(7)11(13,14)21(18,19)20/h1-4H,(H2,15,17)(H2,18,19,20). The first kappa shape index (κ1) is 16.0. The van der Waals surface area contributed by atoms with E-state index < -0.39 is 24.7 Å². The fourth-order valence-corrected chi connectivity index (χ4v) is 2.93. The smallest absolute Gasteiger partial charge is 0.364 e. The van der Waals surface area contributed by atoms with Crippen LogP contribution in [0, 0.1) is 0 Å². The number of carbonyl (C=O) groups excluding carboxylic acids is 1. The summed E-state index contributed by atoms with van der Waals surface area (Å²) >= 11 is 2.85. The van der Waals surface area contributed by atoms with Crippen molar-refractivity contribution in [3.8, 4) is 0 Å². The molecule has 0 fully saturated rings. The number of halogens is 3. The van der Waals surface area contributed by atoms with Gasteiger partial charge in [-0.25, -0.2) is 4.98 Å². The molecule has 1 aromatic carbocycles. The lowest BCUT2D eigenvalue weighted by Crippen LogP contribution is -2.15. The predicted molar refractivity (Wildman–Crippen MR) is 73.9 cm³/mol. The van der Waals surface area contributed by atoms with Crippen LogP contribution < -0.4 is 5.73 Å². The van der Waals surface area contributed by atoms with Gasteiger partial charge < -0.3 is 15.5 Å². The van der Waals surface area contributed by atoms with Gasteiger partial charge in [0.05, 0.1) is 5.52 Å². The molecule has 10 heteroatoms. The largest absolute Gasteiger partial charge is 0.399 e. The Morgan fingerprint density at radius 2 is 1.95 bits per heavy atom. The molecule has 0 aliphatic rings. The Balaban J connectivity index is 2.74. The van der Waals surface area contributed by atoms with Crippen LogP contribution >= 0.6 is 23.5 Å². The van der Waals surface area contributed by atoms with Crippen LogP contribution in [0.4, 0.5) is 8.78 Å². The molecule has 2 rings (SSSR count). The Morgan fingerprint density at radius 3 is 2.48 bits per heavy atom. The van der Waals surface area contributed by atoms with Crippen LogP contribution in [-0.4, -0.2) is 20.7 Å². The van der Waals surface area contributed by atoms with Gasteiger partial charge in [-0.1, -0.05) is 22.0 Å². The molecule has 1 heterocycles. The summed E-state index contributed by atoms with van der Waals surface area (Å²) in [5.41, 5.74) is -0.432. The van der Waals surface area contributed by atoms with Crippen LogP contribution in [0.1, 0.15) is 16.1 Å². The SMILES string of the molecule is NC(=O)c1ccc2cc(Br)c(C(F)(F)P(=O)(O)O)cc2n1. The minimum absolute atomic E-state index is 0.0300. The van der Waals surface area contributed by atoms with Crippen LogP contribution in [0.2, 0.25) is 0 Å². The Labute approximate surface area is 125 Å². The van der Waals surface area contributed by atoms with Gasteiger partial charge in [0, 0.05) is 15.4 Å². The number of fused-ring (bicyclic) bond motifs is 1. The topological polar surface area (TPSA) is 114 Å². The summed E-state index contributed by atoms with van der Waals surface area (Å²) in [7, 11) is -5.71. The van der Waals surface area contributed by atoms with Crippen LogP contribution in [0.3, 0.4) is 0 Å². The fourth-order valence-electron chi connectivity index (χ4n) is 1.67. The molecule has 112 valence electrons. The van der Waals surface area contributed by atoms with Gasteiger partial charge in [-0.05, 0) is 18.2 Å². The Kier molecular flexibility index (Phi) is 3.88. The van der Waals surface area contributed by atoms with E-state index in [4.69, 9.17) is 15.5 Å². The second-order valence-corrected chi connectivity index (χ2v) is 6.67. The monoisotopic (exact) mass is 380 g/mol. The molecule has 1 amide bonds. The first-order valence-corrected chi connectivity index (χ1v) is 7.78. The van der Waals surface area contributed by atoms with Gasteiger partial charge in [-0.15, -0.1) is 0 Å². The minimum atomic E-state index is -5.71. The van der Waals surface area contributed by atoms with E-state index in [9.17, 15) is 18.1 Å². The van der Waals surface area contributed by atoms with Crippen molar-refractivity contribution in [1.82, 2.24) is 4.98 Å². The van der Waals surface area contributed by atoms with E-state index in [1.54, 1.807) is 0 Å². The van der Waals surface area contributed by atoms with E-state index in [0.29, 0.717) is 5.39 Å². The van der Waals surface area contributed by atoms with Crippen molar-refractivity contribution in [1.29, 1.82) is 0 Å². The lowest BCUT2D eigenvalue weighted by molar-refractivity contribution is 0.0558. The predicted octanol–water partition coefficient (Wildman–Crippen LogP) is 2.32. The molecule has 4 N–H and O–H groups in total. The van der Waals surface area contributed by atoms with Gasteiger partial charge in [0.25, 0.3) is 5.91 Å². The van der Waals surface area contributed by atoms with Crippen LogP contribution in [-0.2, 0) is 10.2 Å². The van der Waals surface area contributed by atoms with Crippen LogP contribution in [0.15, 0.2) is 28.7 Å². The highest BCUT2D eigenvalue weighted by atomic mass is 79.9. The zero-order valence-corrected chi connectivity index (χ0v) is 12.6. The molecular formula is C11H8BrF2N2O4P. The van der Waals surface area contributed by atoms with Gasteiger partial charge in [-0.3, -0.25) is 9.36 Å². The lowest BCUT2D eigenvalue weighted by atomic mass is 10.1. The number of hydrogen-bond acceptors (Lipinski definition) is 3. The Morgan fingerprint density at radius 1 is 1.33 bits per heavy atom. The molecule has 0 aliphatic carbocycles. The summed E-state index contributed by atoms with van der Waals surface area (Å²) in [5, 5.41) is 0.400. The van der Waals surface area contributed by atoms with E-state index in [1.807, 2.05) is 0 Å². The number of benzene rings is 1. The van der Waals surface area contributed by atoms with E-state index in [2.05, 4.69) is 20.9 Å². The van der Waals surface area contributed by atoms with Crippen molar-refractivity contribution in [3.63, 3.8) is 0 Å². The first-order chi connectivity index (χ1) is 9.54. The zero-order chi connectivity index (χ0) is 16.0. The average Bonchev–Trinajstić information content (AvgIpc) is 2.35.